The van der Waals surface area contributed by atoms with Crippen molar-refractivity contribution in [1.29, 1.82) is 5.41 Å². The van der Waals surface area contributed by atoms with E-state index in [1.165, 1.54) is 6.08 Å². The molecule has 32 heavy (non-hydrogen) atoms. The van der Waals surface area contributed by atoms with Crippen molar-refractivity contribution in [1.82, 2.24) is 5.01 Å². The number of hydrazone groups is 1. The van der Waals surface area contributed by atoms with Gasteiger partial charge in [-0.2, -0.15) is 10.0 Å². The third-order valence-corrected chi connectivity index (χ3v) is 7.54. The van der Waals surface area contributed by atoms with Crippen molar-refractivity contribution in [3.05, 3.63) is 69.8 Å². The van der Waals surface area contributed by atoms with Crippen LogP contribution in [0.3, 0.4) is 0 Å². The van der Waals surface area contributed by atoms with Crippen LogP contribution in [0.15, 0.2) is 58.1 Å². The number of aryl methyl sites for hydroxylation is 1. The summed E-state index contributed by atoms with van der Waals surface area (Å²) in [5, 5.41) is 13.6. The van der Waals surface area contributed by atoms with Gasteiger partial charge in [0.05, 0.1) is 10.6 Å². The number of aliphatic imine (C=N–C) groups is 1. The number of amides is 1. The number of halogens is 1. The van der Waals surface area contributed by atoms with Gasteiger partial charge in [0.15, 0.2) is 5.84 Å². The van der Waals surface area contributed by atoms with Crippen LogP contribution in [0.1, 0.15) is 16.7 Å². The van der Waals surface area contributed by atoms with Crippen LogP contribution in [0.5, 0.6) is 5.75 Å². The number of sulfone groups is 1. The molecule has 1 amide bonds. The molecule has 0 saturated heterocycles. The molecule has 0 fully saturated rings. The molecule has 11 heteroatoms. The molecule has 164 valence electrons. The average Bonchev–Trinajstić information content (AvgIpc) is 3.16. The molecule has 0 radical (unpaired) electrons. The molecule has 2 aromatic rings. The fourth-order valence-electron chi connectivity index (χ4n) is 2.94. The monoisotopic (exact) mass is 488 g/mol. The molecule has 2 aromatic carbocycles. The number of carbonyl (C=O) groups is 1. The third kappa shape index (κ3) is 4.47. The number of ether oxygens (including phenoxy) is 1. The van der Waals surface area contributed by atoms with E-state index in [1.54, 1.807) is 18.2 Å². The van der Waals surface area contributed by atoms with Gasteiger partial charge in [-0.1, -0.05) is 41.9 Å². The molecule has 0 spiro atoms. The van der Waals surface area contributed by atoms with E-state index in [9.17, 15) is 13.2 Å². The standard InChI is InChI=1S/C21H17ClN4O4S2/c1-12-5-3-4-6-14(12)11-30-17-8-7-13(10-16(17)22)9-15-18(23)26-20(24-19(15)27)31-21(25-26)32(2,28)29/h3-10,23H,11H2,1-2H3/b15-9+,23-18?. The Labute approximate surface area is 194 Å². The van der Waals surface area contributed by atoms with Crippen LogP contribution in [0.25, 0.3) is 6.08 Å². The zero-order chi connectivity index (χ0) is 23.0. The van der Waals surface area contributed by atoms with Crippen molar-refractivity contribution in [2.24, 2.45) is 10.1 Å². The van der Waals surface area contributed by atoms with Gasteiger partial charge in [0.2, 0.25) is 19.4 Å². The van der Waals surface area contributed by atoms with Crippen LogP contribution in [0, 0.1) is 12.3 Å². The summed E-state index contributed by atoms with van der Waals surface area (Å²) in [6.07, 6.45) is 2.46. The Morgan fingerprint density at radius 2 is 2.00 bits per heavy atom. The molecule has 0 bridgehead atoms. The summed E-state index contributed by atoms with van der Waals surface area (Å²) >= 11 is 7.10. The molecule has 0 aliphatic carbocycles. The van der Waals surface area contributed by atoms with Gasteiger partial charge in [-0.05, 0) is 53.6 Å². The van der Waals surface area contributed by atoms with Crippen molar-refractivity contribution >= 4 is 60.6 Å². The Morgan fingerprint density at radius 3 is 2.69 bits per heavy atom. The largest absolute Gasteiger partial charge is 0.487 e. The first-order valence-electron chi connectivity index (χ1n) is 9.30. The number of hydrogen-bond acceptors (Lipinski definition) is 7. The minimum atomic E-state index is -3.59. The number of rotatable bonds is 4. The van der Waals surface area contributed by atoms with Crippen LogP contribution < -0.4 is 4.74 Å². The Morgan fingerprint density at radius 1 is 1.25 bits per heavy atom. The van der Waals surface area contributed by atoms with Gasteiger partial charge in [0.1, 0.15) is 12.4 Å². The minimum Gasteiger partial charge on any atom is -0.487 e. The predicted molar refractivity (Wildman–Crippen MR) is 127 cm³/mol. The number of benzene rings is 2. The number of amidine groups is 2. The Bertz CT molecular complexity index is 1350. The van der Waals surface area contributed by atoms with Gasteiger partial charge >= 0.3 is 0 Å². The topological polar surface area (TPSA) is 112 Å². The summed E-state index contributed by atoms with van der Waals surface area (Å²) in [5.41, 5.74) is 2.69. The summed E-state index contributed by atoms with van der Waals surface area (Å²) in [5.74, 6) is -0.433. The molecular formula is C21H17ClN4O4S2. The highest BCUT2D eigenvalue weighted by atomic mass is 35.5. The number of thioether (sulfide) groups is 1. The van der Waals surface area contributed by atoms with Crippen LogP contribution in [0.2, 0.25) is 5.02 Å². The van der Waals surface area contributed by atoms with E-state index in [1.807, 2.05) is 31.2 Å². The molecular weight excluding hydrogens is 472 g/mol. The van der Waals surface area contributed by atoms with Gasteiger partial charge in [-0.15, -0.1) is 5.10 Å². The van der Waals surface area contributed by atoms with Crippen molar-refractivity contribution < 1.29 is 17.9 Å². The van der Waals surface area contributed by atoms with Crippen LogP contribution in [-0.4, -0.2) is 41.0 Å². The molecule has 1 N–H and O–H groups in total. The van der Waals surface area contributed by atoms with Gasteiger partial charge in [-0.25, -0.2) is 8.42 Å². The summed E-state index contributed by atoms with van der Waals surface area (Å²) in [7, 11) is -3.59. The van der Waals surface area contributed by atoms with Crippen molar-refractivity contribution in [3.8, 4) is 5.75 Å². The second kappa shape index (κ2) is 8.53. The Hall–Kier alpha value is -2.95. The number of carbonyl (C=O) groups excluding carboxylic acids is 1. The fourth-order valence-corrected chi connectivity index (χ4v) is 4.87. The summed E-state index contributed by atoms with van der Waals surface area (Å²) < 4.78 is 29.1. The summed E-state index contributed by atoms with van der Waals surface area (Å²) in [6, 6.07) is 12.9. The Kier molecular flexibility index (Phi) is 5.93. The van der Waals surface area contributed by atoms with Gasteiger partial charge in [-0.3, -0.25) is 10.2 Å². The van der Waals surface area contributed by atoms with Gasteiger partial charge < -0.3 is 4.74 Å². The highest BCUT2D eigenvalue weighted by Crippen LogP contribution is 2.31. The minimum absolute atomic E-state index is 0.0301. The third-order valence-electron chi connectivity index (χ3n) is 4.66. The van der Waals surface area contributed by atoms with E-state index in [2.05, 4.69) is 10.1 Å². The van der Waals surface area contributed by atoms with Crippen molar-refractivity contribution in [2.45, 2.75) is 13.5 Å². The van der Waals surface area contributed by atoms with E-state index < -0.39 is 15.7 Å². The van der Waals surface area contributed by atoms with Crippen molar-refractivity contribution in [3.63, 3.8) is 0 Å². The first kappa shape index (κ1) is 22.3. The average molecular weight is 489 g/mol. The number of nitrogens with zero attached hydrogens (tertiary/aromatic N) is 3. The molecule has 0 saturated carbocycles. The molecule has 0 atom stereocenters. The molecule has 0 unspecified atom stereocenters. The highest BCUT2D eigenvalue weighted by Gasteiger charge is 2.38. The van der Waals surface area contributed by atoms with Gasteiger partial charge in [0, 0.05) is 6.26 Å². The summed E-state index contributed by atoms with van der Waals surface area (Å²) in [4.78, 5) is 16.3. The highest BCUT2D eigenvalue weighted by molar-refractivity contribution is 8.42. The van der Waals surface area contributed by atoms with E-state index in [4.69, 9.17) is 21.7 Å². The van der Waals surface area contributed by atoms with E-state index in [-0.39, 0.29) is 21.0 Å². The maximum absolute atomic E-state index is 12.5. The zero-order valence-electron chi connectivity index (χ0n) is 17.0. The summed E-state index contributed by atoms with van der Waals surface area (Å²) in [6.45, 7) is 2.36. The molecule has 2 heterocycles. The lowest BCUT2D eigenvalue weighted by Gasteiger charge is -2.20. The maximum atomic E-state index is 12.5. The first-order chi connectivity index (χ1) is 15.1. The zero-order valence-corrected chi connectivity index (χ0v) is 19.4. The number of nitrogens with one attached hydrogen (secondary N) is 1. The molecule has 2 aliphatic heterocycles. The molecule has 0 aromatic heterocycles. The maximum Gasteiger partial charge on any atom is 0.283 e. The second-order valence-electron chi connectivity index (χ2n) is 7.06. The lowest BCUT2D eigenvalue weighted by Crippen LogP contribution is -2.35. The molecule has 4 rings (SSSR count). The first-order valence-corrected chi connectivity index (χ1v) is 12.4. The normalized spacial score (nSPS) is 17.3. The van der Waals surface area contributed by atoms with E-state index in [0.717, 1.165) is 34.2 Å². The predicted octanol–water partition coefficient (Wildman–Crippen LogP) is 3.85. The van der Waals surface area contributed by atoms with Gasteiger partial charge in [0.25, 0.3) is 5.91 Å². The fraction of sp³-hybridized carbons (Fsp3) is 0.143. The lowest BCUT2D eigenvalue weighted by atomic mass is 10.1. The van der Waals surface area contributed by atoms with E-state index >= 15 is 0 Å². The van der Waals surface area contributed by atoms with Crippen LogP contribution in [0.4, 0.5) is 0 Å². The van der Waals surface area contributed by atoms with E-state index in [0.29, 0.717) is 22.9 Å². The van der Waals surface area contributed by atoms with Crippen molar-refractivity contribution in [2.75, 3.05) is 6.26 Å². The quantitative estimate of drug-likeness (QED) is 0.654. The number of hydrogen-bond donors (Lipinski definition) is 1. The SMILES string of the molecule is Cc1ccccc1COc1ccc(/C=C2\C(=N)N3N=C(S(C)(=O)=O)SC3=NC2=O)cc1Cl. The molecule has 8 nitrogen and oxygen atoms in total. The smallest absolute Gasteiger partial charge is 0.283 e. The number of fused-ring (bicyclic) bond motifs is 1. The second-order valence-corrected chi connectivity index (χ2v) is 10.6. The van der Waals surface area contributed by atoms with Crippen LogP contribution >= 0.6 is 23.4 Å². The lowest BCUT2D eigenvalue weighted by molar-refractivity contribution is -0.114. The molecule has 2 aliphatic rings. The Balaban J connectivity index is 1.56. The van der Waals surface area contributed by atoms with Crippen LogP contribution in [-0.2, 0) is 21.2 Å².